The van der Waals surface area contributed by atoms with E-state index < -0.39 is 5.97 Å². The summed E-state index contributed by atoms with van der Waals surface area (Å²) in [5, 5.41) is 4.02. The van der Waals surface area contributed by atoms with Crippen LogP contribution in [0.1, 0.15) is 52.1 Å². The predicted molar refractivity (Wildman–Crippen MR) is 93.8 cm³/mol. The first kappa shape index (κ1) is 18.1. The Bertz CT molecular complexity index is 755. The zero-order valence-electron chi connectivity index (χ0n) is 14.5. The maximum Gasteiger partial charge on any atom is 0.337 e. The number of hydrogen-bond donors (Lipinski definition) is 0. The molecule has 0 saturated carbocycles. The summed E-state index contributed by atoms with van der Waals surface area (Å²) in [5.41, 5.74) is 2.76. The van der Waals surface area contributed by atoms with Gasteiger partial charge in [0.15, 0.2) is 0 Å². The third kappa shape index (κ3) is 3.46. The van der Waals surface area contributed by atoms with Gasteiger partial charge >= 0.3 is 5.97 Å². The lowest BCUT2D eigenvalue weighted by molar-refractivity contribution is 0.0600. The minimum atomic E-state index is -0.396. The fourth-order valence-electron chi connectivity index (χ4n) is 2.50. The van der Waals surface area contributed by atoms with E-state index in [1.54, 1.807) is 23.1 Å². The first-order valence-corrected chi connectivity index (χ1v) is 8.51. The molecule has 1 aromatic carbocycles. The molecule has 7 heteroatoms. The molecule has 0 aliphatic carbocycles. The van der Waals surface area contributed by atoms with Crippen molar-refractivity contribution >= 4 is 29.1 Å². The molecule has 0 aliphatic heterocycles. The average Bonchev–Trinajstić information content (AvgIpc) is 3.04. The summed E-state index contributed by atoms with van der Waals surface area (Å²) < 4.78 is 8.64. The fourth-order valence-corrected chi connectivity index (χ4v) is 3.19. The van der Waals surface area contributed by atoms with E-state index >= 15 is 0 Å². The molecule has 0 fully saturated rings. The first-order valence-electron chi connectivity index (χ1n) is 7.74. The number of benzene rings is 1. The van der Waals surface area contributed by atoms with Gasteiger partial charge in [-0.15, -0.1) is 5.10 Å². The van der Waals surface area contributed by atoms with Gasteiger partial charge in [0, 0.05) is 11.7 Å². The van der Waals surface area contributed by atoms with Gasteiger partial charge in [-0.05, 0) is 62.5 Å². The smallest absolute Gasteiger partial charge is 0.337 e. The summed E-state index contributed by atoms with van der Waals surface area (Å²) in [6.07, 6.45) is 0.657. The van der Waals surface area contributed by atoms with Crippen LogP contribution in [0.2, 0.25) is 0 Å². The number of carbonyl (C=O) groups is 2. The minimum absolute atomic E-state index is 0.0491. The highest BCUT2D eigenvalue weighted by molar-refractivity contribution is 7.08. The highest BCUT2D eigenvalue weighted by Gasteiger charge is 2.26. The molecule has 24 heavy (non-hydrogen) atoms. The Kier molecular flexibility index (Phi) is 5.66. The first-order chi connectivity index (χ1) is 11.4. The van der Waals surface area contributed by atoms with Crippen LogP contribution in [0.5, 0.6) is 0 Å². The second-order valence-corrected chi connectivity index (χ2v) is 6.42. The SMILES string of the molecule is CCc1nnsc1C(=O)N(c1ccc(C(=O)OC)cc1C)C(C)C. The normalized spacial score (nSPS) is 10.8. The van der Waals surface area contributed by atoms with Crippen molar-refractivity contribution < 1.29 is 14.3 Å². The molecule has 2 rings (SSSR count). The molecule has 1 amide bonds. The van der Waals surface area contributed by atoms with Crippen LogP contribution in [0.15, 0.2) is 18.2 Å². The molecule has 0 bridgehead atoms. The Balaban J connectivity index is 2.45. The molecule has 2 aromatic rings. The molecule has 6 nitrogen and oxygen atoms in total. The Labute approximate surface area is 145 Å². The van der Waals surface area contributed by atoms with E-state index in [1.807, 2.05) is 27.7 Å². The van der Waals surface area contributed by atoms with E-state index in [0.717, 1.165) is 22.8 Å². The fraction of sp³-hybridized carbons (Fsp3) is 0.412. The molecular formula is C17H21N3O3S. The van der Waals surface area contributed by atoms with Crippen LogP contribution >= 0.6 is 11.5 Å². The lowest BCUT2D eigenvalue weighted by Gasteiger charge is -2.28. The maximum absolute atomic E-state index is 13.0. The number of aromatic nitrogens is 2. The van der Waals surface area contributed by atoms with Gasteiger partial charge in [-0.25, -0.2) is 4.79 Å². The number of amides is 1. The zero-order valence-corrected chi connectivity index (χ0v) is 15.3. The molecule has 128 valence electrons. The Hall–Kier alpha value is -2.28. The zero-order chi connectivity index (χ0) is 17.9. The molecular weight excluding hydrogens is 326 g/mol. The third-order valence-corrected chi connectivity index (χ3v) is 4.45. The van der Waals surface area contributed by atoms with Crippen LogP contribution in [-0.4, -0.2) is 34.6 Å². The van der Waals surface area contributed by atoms with E-state index in [2.05, 4.69) is 9.59 Å². The van der Waals surface area contributed by atoms with Crippen molar-refractivity contribution in [2.75, 3.05) is 12.0 Å². The number of esters is 1. The number of nitrogens with zero attached hydrogens (tertiary/aromatic N) is 3. The van der Waals surface area contributed by atoms with Gasteiger partial charge in [-0.1, -0.05) is 11.4 Å². The molecule has 0 radical (unpaired) electrons. The monoisotopic (exact) mass is 347 g/mol. The van der Waals surface area contributed by atoms with Crippen molar-refractivity contribution in [1.82, 2.24) is 9.59 Å². The van der Waals surface area contributed by atoms with Crippen molar-refractivity contribution in [3.8, 4) is 0 Å². The van der Waals surface area contributed by atoms with Crippen LogP contribution in [0, 0.1) is 6.92 Å². The molecule has 0 spiro atoms. The maximum atomic E-state index is 13.0. The number of anilines is 1. The van der Waals surface area contributed by atoms with E-state index in [1.165, 1.54) is 7.11 Å². The third-order valence-electron chi connectivity index (χ3n) is 3.70. The Morgan fingerprint density at radius 1 is 1.33 bits per heavy atom. The number of methoxy groups -OCH3 is 1. The lowest BCUT2D eigenvalue weighted by Crippen LogP contribution is -2.37. The second kappa shape index (κ2) is 7.53. The minimum Gasteiger partial charge on any atom is -0.465 e. The Morgan fingerprint density at radius 2 is 2.04 bits per heavy atom. The topological polar surface area (TPSA) is 72.4 Å². The van der Waals surface area contributed by atoms with Gasteiger partial charge < -0.3 is 9.64 Å². The van der Waals surface area contributed by atoms with Crippen molar-refractivity contribution in [3.63, 3.8) is 0 Å². The summed E-state index contributed by atoms with van der Waals surface area (Å²) in [5.74, 6) is -0.516. The summed E-state index contributed by atoms with van der Waals surface area (Å²) in [7, 11) is 1.35. The van der Waals surface area contributed by atoms with Gasteiger partial charge in [0.2, 0.25) is 0 Å². The van der Waals surface area contributed by atoms with E-state index in [4.69, 9.17) is 4.74 Å². The quantitative estimate of drug-likeness (QED) is 0.776. The lowest BCUT2D eigenvalue weighted by atomic mass is 10.1. The average molecular weight is 347 g/mol. The summed E-state index contributed by atoms with van der Waals surface area (Å²) in [6, 6.07) is 5.13. The van der Waals surface area contributed by atoms with Crippen LogP contribution in [-0.2, 0) is 11.2 Å². The summed E-state index contributed by atoms with van der Waals surface area (Å²) >= 11 is 1.11. The van der Waals surface area contributed by atoms with Crippen molar-refractivity contribution in [2.45, 2.75) is 40.2 Å². The molecule has 0 N–H and O–H groups in total. The Morgan fingerprint density at radius 3 is 2.58 bits per heavy atom. The van der Waals surface area contributed by atoms with Gasteiger partial charge in [0.05, 0.1) is 18.4 Å². The number of hydrogen-bond acceptors (Lipinski definition) is 6. The number of ether oxygens (including phenoxy) is 1. The molecule has 0 atom stereocenters. The summed E-state index contributed by atoms with van der Waals surface area (Å²) in [6.45, 7) is 7.72. The van der Waals surface area contributed by atoms with Crippen LogP contribution in [0.3, 0.4) is 0 Å². The van der Waals surface area contributed by atoms with Crippen LogP contribution in [0.4, 0.5) is 5.69 Å². The van der Waals surface area contributed by atoms with Gasteiger partial charge in [0.25, 0.3) is 5.91 Å². The highest BCUT2D eigenvalue weighted by Crippen LogP contribution is 2.27. The highest BCUT2D eigenvalue weighted by atomic mass is 32.1. The van der Waals surface area contributed by atoms with Gasteiger partial charge in [-0.2, -0.15) is 0 Å². The van der Waals surface area contributed by atoms with Gasteiger partial charge in [0.1, 0.15) is 4.88 Å². The second-order valence-electron chi connectivity index (χ2n) is 5.66. The molecule has 0 saturated heterocycles. The number of rotatable bonds is 5. The molecule has 0 aliphatic rings. The van der Waals surface area contributed by atoms with Crippen LogP contribution in [0.25, 0.3) is 0 Å². The largest absolute Gasteiger partial charge is 0.465 e. The van der Waals surface area contributed by atoms with Crippen molar-refractivity contribution in [2.24, 2.45) is 0 Å². The predicted octanol–water partition coefficient (Wildman–Crippen LogP) is 3.25. The summed E-state index contributed by atoms with van der Waals surface area (Å²) in [4.78, 5) is 27.0. The molecule has 1 aromatic heterocycles. The van der Waals surface area contributed by atoms with Crippen molar-refractivity contribution in [3.05, 3.63) is 39.9 Å². The molecule has 0 unspecified atom stereocenters. The van der Waals surface area contributed by atoms with Gasteiger partial charge in [-0.3, -0.25) is 4.79 Å². The standard InChI is InChI=1S/C17H21N3O3S/c1-6-13-15(24-19-18-13)16(21)20(10(2)3)14-8-7-12(9-11(14)4)17(22)23-5/h7-10H,6H2,1-5H3. The van der Waals surface area contributed by atoms with E-state index in [9.17, 15) is 9.59 Å². The van der Waals surface area contributed by atoms with Crippen molar-refractivity contribution in [1.29, 1.82) is 0 Å². The number of carbonyl (C=O) groups excluding carboxylic acids is 2. The van der Waals surface area contributed by atoms with E-state index in [-0.39, 0.29) is 11.9 Å². The molecule has 1 heterocycles. The van der Waals surface area contributed by atoms with E-state index in [0.29, 0.717) is 22.6 Å². The van der Waals surface area contributed by atoms with Crippen LogP contribution < -0.4 is 4.90 Å². The number of aryl methyl sites for hydroxylation is 2.